The zero-order valence-corrected chi connectivity index (χ0v) is 17.8. The molecule has 0 radical (unpaired) electrons. The number of hydrogen-bond acceptors (Lipinski definition) is 4. The Morgan fingerprint density at radius 1 is 1.14 bits per heavy atom. The van der Waals surface area contributed by atoms with Crippen LogP contribution in [0.15, 0.2) is 54.6 Å². The minimum absolute atomic E-state index is 0.0600. The van der Waals surface area contributed by atoms with Gasteiger partial charge in [-0.3, -0.25) is 9.10 Å². The summed E-state index contributed by atoms with van der Waals surface area (Å²) in [6, 6.07) is 17.5. The Bertz CT molecular complexity index is 1080. The minimum atomic E-state index is -3.32. The molecule has 148 valence electrons. The van der Waals surface area contributed by atoms with Gasteiger partial charge in [0, 0.05) is 17.8 Å². The summed E-state index contributed by atoms with van der Waals surface area (Å²) in [4.78, 5) is 13.2. The van der Waals surface area contributed by atoms with Gasteiger partial charge in [-0.1, -0.05) is 30.3 Å². The summed E-state index contributed by atoms with van der Waals surface area (Å²) in [5.74, 6) is -0.0974. The molecule has 1 atom stereocenters. The van der Waals surface area contributed by atoms with Crippen molar-refractivity contribution in [3.63, 3.8) is 0 Å². The number of aryl methyl sites for hydroxylation is 1. The number of rotatable bonds is 7. The predicted octanol–water partition coefficient (Wildman–Crippen LogP) is 4.05. The summed E-state index contributed by atoms with van der Waals surface area (Å²) in [5, 5.41) is 3.92. The monoisotopic (exact) mass is 416 g/mol. The highest BCUT2D eigenvalue weighted by Gasteiger charge is 2.16. The van der Waals surface area contributed by atoms with Gasteiger partial charge in [0.15, 0.2) is 0 Å². The molecule has 1 aromatic heterocycles. The van der Waals surface area contributed by atoms with Crippen LogP contribution < -0.4 is 9.62 Å². The third-order valence-corrected chi connectivity index (χ3v) is 6.99. The molecular formula is C21H24N2O3S2. The molecule has 0 spiro atoms. The number of amides is 1. The summed E-state index contributed by atoms with van der Waals surface area (Å²) < 4.78 is 25.6. The number of benzene rings is 2. The second-order valence-electron chi connectivity index (χ2n) is 6.96. The average molecular weight is 417 g/mol. The van der Waals surface area contributed by atoms with E-state index in [9.17, 15) is 13.2 Å². The first-order valence-electron chi connectivity index (χ1n) is 9.06. The third kappa shape index (κ3) is 4.91. The summed E-state index contributed by atoms with van der Waals surface area (Å²) >= 11 is 1.41. The first-order chi connectivity index (χ1) is 13.2. The van der Waals surface area contributed by atoms with Crippen molar-refractivity contribution in [1.29, 1.82) is 0 Å². The fraction of sp³-hybridized carbons (Fsp3) is 0.286. The second kappa shape index (κ2) is 8.32. The van der Waals surface area contributed by atoms with Gasteiger partial charge in [-0.05, 0) is 55.0 Å². The van der Waals surface area contributed by atoms with E-state index < -0.39 is 10.0 Å². The van der Waals surface area contributed by atoms with Crippen LogP contribution in [0.3, 0.4) is 0 Å². The summed E-state index contributed by atoms with van der Waals surface area (Å²) in [5.41, 5.74) is 1.84. The molecule has 1 N–H and O–H groups in total. The molecule has 1 amide bonds. The molecule has 0 saturated carbocycles. The van der Waals surface area contributed by atoms with Crippen LogP contribution in [0.1, 0.15) is 28.6 Å². The number of nitrogens with zero attached hydrogens (tertiary/aromatic N) is 1. The minimum Gasteiger partial charge on any atom is -0.349 e. The number of carbonyl (C=O) groups is 1. The molecule has 5 nitrogen and oxygen atoms in total. The van der Waals surface area contributed by atoms with E-state index >= 15 is 0 Å². The van der Waals surface area contributed by atoms with Gasteiger partial charge in [0.25, 0.3) is 5.91 Å². The maximum atomic E-state index is 12.6. The van der Waals surface area contributed by atoms with Crippen LogP contribution in [-0.2, 0) is 16.4 Å². The molecule has 1 heterocycles. The Morgan fingerprint density at radius 2 is 1.86 bits per heavy atom. The highest BCUT2D eigenvalue weighted by molar-refractivity contribution is 7.92. The van der Waals surface area contributed by atoms with E-state index in [1.54, 1.807) is 12.1 Å². The van der Waals surface area contributed by atoms with Crippen LogP contribution in [0.5, 0.6) is 0 Å². The Hall–Kier alpha value is -2.38. The highest BCUT2D eigenvalue weighted by atomic mass is 32.2. The lowest BCUT2D eigenvalue weighted by atomic mass is 10.1. The molecular weight excluding hydrogens is 392 g/mol. The largest absolute Gasteiger partial charge is 0.349 e. The lowest BCUT2D eigenvalue weighted by Crippen LogP contribution is -2.32. The Morgan fingerprint density at radius 3 is 2.54 bits per heavy atom. The van der Waals surface area contributed by atoms with Crippen molar-refractivity contribution >= 4 is 43.0 Å². The van der Waals surface area contributed by atoms with Gasteiger partial charge in [0.05, 0.1) is 16.8 Å². The van der Waals surface area contributed by atoms with Gasteiger partial charge in [0.1, 0.15) is 0 Å². The van der Waals surface area contributed by atoms with E-state index in [4.69, 9.17) is 0 Å². The summed E-state index contributed by atoms with van der Waals surface area (Å²) in [7, 11) is -1.80. The molecule has 0 unspecified atom stereocenters. The number of hydrogen-bond donors (Lipinski definition) is 1. The van der Waals surface area contributed by atoms with Gasteiger partial charge >= 0.3 is 0 Å². The number of nitrogens with one attached hydrogen (secondary N) is 1. The first-order valence-corrected chi connectivity index (χ1v) is 11.7. The van der Waals surface area contributed by atoms with Crippen molar-refractivity contribution in [3.8, 4) is 0 Å². The number of thiophene rings is 1. The second-order valence-corrected chi connectivity index (χ2v) is 10.1. The van der Waals surface area contributed by atoms with Crippen molar-refractivity contribution < 1.29 is 13.2 Å². The fourth-order valence-corrected chi connectivity index (χ4v) is 4.37. The Labute approximate surface area is 170 Å². The maximum Gasteiger partial charge on any atom is 0.261 e. The molecule has 0 saturated heterocycles. The first kappa shape index (κ1) is 20.4. The molecule has 0 aliphatic carbocycles. The molecule has 3 aromatic rings. The van der Waals surface area contributed by atoms with E-state index in [1.165, 1.54) is 34.5 Å². The topological polar surface area (TPSA) is 66.5 Å². The summed E-state index contributed by atoms with van der Waals surface area (Å²) in [6.45, 7) is 2.01. The van der Waals surface area contributed by atoms with Crippen LogP contribution in [0.2, 0.25) is 0 Å². The SMILES string of the molecule is C[C@H](CCc1ccccc1)NC(=O)c1cc2cc(N(C)S(C)(=O)=O)ccc2s1. The van der Waals surface area contributed by atoms with Crippen LogP contribution in [0.4, 0.5) is 5.69 Å². The van der Waals surface area contributed by atoms with Crippen molar-refractivity contribution in [1.82, 2.24) is 5.32 Å². The average Bonchev–Trinajstić information content (AvgIpc) is 3.09. The Kier molecular flexibility index (Phi) is 6.05. The van der Waals surface area contributed by atoms with Crippen molar-refractivity contribution in [2.75, 3.05) is 17.6 Å². The van der Waals surface area contributed by atoms with Crippen LogP contribution in [-0.4, -0.2) is 33.7 Å². The normalized spacial score (nSPS) is 12.7. The molecule has 7 heteroatoms. The standard InChI is InChI=1S/C21H24N2O3S2/c1-15(9-10-16-7-5-4-6-8-16)22-21(24)20-14-17-13-18(11-12-19(17)27-20)23(2)28(3,25)26/h4-8,11-15H,9-10H2,1-3H3,(H,22,24)/t15-/m1/s1. The van der Waals surface area contributed by atoms with Gasteiger partial charge in [-0.25, -0.2) is 8.42 Å². The zero-order chi connectivity index (χ0) is 20.3. The van der Waals surface area contributed by atoms with Crippen molar-refractivity contribution in [2.45, 2.75) is 25.8 Å². The number of carbonyl (C=O) groups excluding carboxylic acids is 1. The molecule has 28 heavy (non-hydrogen) atoms. The third-order valence-electron chi connectivity index (χ3n) is 4.67. The lowest BCUT2D eigenvalue weighted by Gasteiger charge is -2.16. The summed E-state index contributed by atoms with van der Waals surface area (Å²) in [6.07, 6.45) is 2.94. The van der Waals surface area contributed by atoms with E-state index in [2.05, 4.69) is 17.4 Å². The smallest absolute Gasteiger partial charge is 0.261 e. The van der Waals surface area contributed by atoms with Crippen molar-refractivity contribution in [2.24, 2.45) is 0 Å². The van der Waals surface area contributed by atoms with Crippen LogP contribution in [0, 0.1) is 0 Å². The zero-order valence-electron chi connectivity index (χ0n) is 16.2. The van der Waals surface area contributed by atoms with Gasteiger partial charge in [-0.2, -0.15) is 0 Å². The molecule has 3 rings (SSSR count). The molecule has 0 fully saturated rings. The van der Waals surface area contributed by atoms with E-state index in [-0.39, 0.29) is 11.9 Å². The quantitative estimate of drug-likeness (QED) is 0.632. The number of fused-ring (bicyclic) bond motifs is 1. The number of anilines is 1. The fourth-order valence-electron chi connectivity index (χ4n) is 2.92. The van der Waals surface area contributed by atoms with Crippen LogP contribution in [0.25, 0.3) is 10.1 Å². The maximum absolute atomic E-state index is 12.6. The van der Waals surface area contributed by atoms with Crippen molar-refractivity contribution in [3.05, 3.63) is 65.0 Å². The van der Waals surface area contributed by atoms with E-state index in [1.807, 2.05) is 37.3 Å². The van der Waals surface area contributed by atoms with Gasteiger partial charge in [-0.15, -0.1) is 11.3 Å². The highest BCUT2D eigenvalue weighted by Crippen LogP contribution is 2.30. The molecule has 0 aliphatic rings. The van der Waals surface area contributed by atoms with Gasteiger partial charge < -0.3 is 5.32 Å². The van der Waals surface area contributed by atoms with Gasteiger partial charge in [0.2, 0.25) is 10.0 Å². The lowest BCUT2D eigenvalue weighted by molar-refractivity contribution is 0.0942. The van der Waals surface area contributed by atoms with Crippen LogP contribution >= 0.6 is 11.3 Å². The molecule has 0 aliphatic heterocycles. The van der Waals surface area contributed by atoms with E-state index in [0.717, 1.165) is 22.9 Å². The molecule has 2 aromatic carbocycles. The predicted molar refractivity (Wildman–Crippen MR) is 117 cm³/mol. The Balaban J connectivity index is 1.68. The molecule has 0 bridgehead atoms. The number of sulfonamides is 1. The van der Waals surface area contributed by atoms with E-state index in [0.29, 0.717) is 10.6 Å².